The van der Waals surface area contributed by atoms with E-state index in [-0.39, 0.29) is 5.92 Å². The molecule has 1 aromatic heterocycles. The van der Waals surface area contributed by atoms with Crippen molar-refractivity contribution in [1.82, 2.24) is 4.98 Å². The Balaban J connectivity index is 1.90. The number of H-pyrrole nitrogens is 1. The van der Waals surface area contributed by atoms with Crippen LogP contribution in [0.1, 0.15) is 56.6 Å². The number of carbonyl (C=O) groups is 1. The van der Waals surface area contributed by atoms with E-state index in [2.05, 4.69) is 43.2 Å². The third-order valence-corrected chi connectivity index (χ3v) is 4.61. The Morgan fingerprint density at radius 3 is 2.90 bits per heavy atom. The fourth-order valence-corrected chi connectivity index (χ4v) is 3.26. The molecule has 0 amide bonds. The van der Waals surface area contributed by atoms with Gasteiger partial charge in [-0.15, -0.1) is 0 Å². The quantitative estimate of drug-likeness (QED) is 0.868. The minimum Gasteiger partial charge on any atom is -0.361 e. The summed E-state index contributed by atoms with van der Waals surface area (Å²) in [4.78, 5) is 15.4. The van der Waals surface area contributed by atoms with Crippen molar-refractivity contribution in [3.05, 3.63) is 35.5 Å². The average molecular weight is 269 g/mol. The zero-order valence-electron chi connectivity index (χ0n) is 12.4. The molecular formula is C18H23NO. The molecule has 1 aliphatic rings. The van der Waals surface area contributed by atoms with Crippen LogP contribution in [-0.4, -0.2) is 10.8 Å². The number of fused-ring (bicyclic) bond motifs is 1. The minimum absolute atomic E-state index is 0.241. The lowest BCUT2D eigenvalue weighted by Crippen LogP contribution is -2.20. The molecule has 1 aromatic carbocycles. The Morgan fingerprint density at radius 2 is 2.15 bits per heavy atom. The van der Waals surface area contributed by atoms with Crippen LogP contribution in [0, 0.1) is 5.92 Å². The van der Waals surface area contributed by atoms with Crippen LogP contribution in [0.2, 0.25) is 0 Å². The van der Waals surface area contributed by atoms with Gasteiger partial charge in [0.1, 0.15) is 5.78 Å². The third kappa shape index (κ3) is 2.52. The molecule has 1 heterocycles. The van der Waals surface area contributed by atoms with E-state index >= 15 is 0 Å². The number of ketones is 1. The van der Waals surface area contributed by atoms with Gasteiger partial charge in [0.05, 0.1) is 0 Å². The first-order valence-corrected chi connectivity index (χ1v) is 7.78. The molecule has 1 N–H and O–H groups in total. The minimum atomic E-state index is 0.241. The van der Waals surface area contributed by atoms with Crippen LogP contribution in [-0.2, 0) is 11.2 Å². The van der Waals surface area contributed by atoms with Crippen LogP contribution in [0.15, 0.2) is 24.4 Å². The SMILES string of the molecule is CC(C)c1ccc2[nH]cc(CC3CCCCC3=O)c2c1. The normalized spacial score (nSPS) is 19.9. The fourth-order valence-electron chi connectivity index (χ4n) is 3.26. The zero-order chi connectivity index (χ0) is 14.1. The van der Waals surface area contributed by atoms with Crippen LogP contribution in [0.25, 0.3) is 10.9 Å². The lowest BCUT2D eigenvalue weighted by atomic mass is 9.83. The highest BCUT2D eigenvalue weighted by Crippen LogP contribution is 2.29. The maximum absolute atomic E-state index is 12.0. The molecule has 106 valence electrons. The van der Waals surface area contributed by atoms with Gasteiger partial charge in [0.25, 0.3) is 0 Å². The van der Waals surface area contributed by atoms with E-state index in [1.807, 2.05) is 0 Å². The van der Waals surface area contributed by atoms with Gasteiger partial charge in [0.15, 0.2) is 0 Å². The number of aromatic amines is 1. The van der Waals surface area contributed by atoms with Gasteiger partial charge in [0.2, 0.25) is 0 Å². The summed E-state index contributed by atoms with van der Waals surface area (Å²) in [5, 5.41) is 1.30. The lowest BCUT2D eigenvalue weighted by Gasteiger charge is -2.20. The zero-order valence-corrected chi connectivity index (χ0v) is 12.4. The second-order valence-electron chi connectivity index (χ2n) is 6.39. The predicted molar refractivity (Wildman–Crippen MR) is 83.1 cm³/mol. The van der Waals surface area contributed by atoms with Gasteiger partial charge in [-0.2, -0.15) is 0 Å². The topological polar surface area (TPSA) is 32.9 Å². The molecule has 3 rings (SSSR count). The summed E-state index contributed by atoms with van der Waals surface area (Å²) in [5.41, 5.74) is 3.86. The van der Waals surface area contributed by atoms with E-state index in [1.165, 1.54) is 28.5 Å². The third-order valence-electron chi connectivity index (χ3n) is 4.61. The molecule has 0 spiro atoms. The van der Waals surface area contributed by atoms with E-state index in [0.717, 1.165) is 25.7 Å². The van der Waals surface area contributed by atoms with Crippen LogP contribution < -0.4 is 0 Å². The number of Topliss-reactive ketones (excluding diaryl/α,β-unsaturated/α-hetero) is 1. The van der Waals surface area contributed by atoms with Gasteiger partial charge in [0, 0.05) is 29.4 Å². The number of carbonyl (C=O) groups excluding carboxylic acids is 1. The Labute approximate surface area is 120 Å². The van der Waals surface area contributed by atoms with Crippen molar-refractivity contribution in [3.8, 4) is 0 Å². The molecular weight excluding hydrogens is 246 g/mol. The van der Waals surface area contributed by atoms with Crippen LogP contribution in [0.5, 0.6) is 0 Å². The Kier molecular flexibility index (Phi) is 3.64. The molecule has 2 aromatic rings. The first-order valence-electron chi connectivity index (χ1n) is 7.78. The molecule has 2 nitrogen and oxygen atoms in total. The van der Waals surface area contributed by atoms with Gasteiger partial charge >= 0.3 is 0 Å². The molecule has 1 saturated carbocycles. The molecule has 1 unspecified atom stereocenters. The average Bonchev–Trinajstić information content (AvgIpc) is 2.84. The highest BCUT2D eigenvalue weighted by atomic mass is 16.1. The van der Waals surface area contributed by atoms with Gasteiger partial charge in [-0.05, 0) is 48.4 Å². The van der Waals surface area contributed by atoms with E-state index in [1.54, 1.807) is 0 Å². The number of rotatable bonds is 3. The van der Waals surface area contributed by atoms with Crippen LogP contribution in [0.3, 0.4) is 0 Å². The predicted octanol–water partition coefficient (Wildman–Crippen LogP) is 4.59. The van der Waals surface area contributed by atoms with Crippen molar-refractivity contribution in [2.75, 3.05) is 0 Å². The number of hydrogen-bond donors (Lipinski definition) is 1. The fraction of sp³-hybridized carbons (Fsp3) is 0.500. The van der Waals surface area contributed by atoms with Crippen molar-refractivity contribution < 1.29 is 4.79 Å². The Morgan fingerprint density at radius 1 is 1.30 bits per heavy atom. The maximum Gasteiger partial charge on any atom is 0.136 e. The van der Waals surface area contributed by atoms with Gasteiger partial charge in [-0.25, -0.2) is 0 Å². The molecule has 1 fully saturated rings. The largest absolute Gasteiger partial charge is 0.361 e. The van der Waals surface area contributed by atoms with Crippen molar-refractivity contribution in [3.63, 3.8) is 0 Å². The molecule has 1 aliphatic carbocycles. The highest BCUT2D eigenvalue weighted by molar-refractivity contribution is 5.86. The van der Waals surface area contributed by atoms with E-state index in [0.29, 0.717) is 11.7 Å². The van der Waals surface area contributed by atoms with Crippen molar-refractivity contribution in [2.45, 2.75) is 51.9 Å². The Bertz CT molecular complexity index is 623. The van der Waals surface area contributed by atoms with Crippen LogP contribution in [0.4, 0.5) is 0 Å². The second kappa shape index (κ2) is 5.43. The molecule has 0 radical (unpaired) electrons. The van der Waals surface area contributed by atoms with Gasteiger partial charge < -0.3 is 4.98 Å². The Hall–Kier alpha value is -1.57. The first-order chi connectivity index (χ1) is 9.65. The smallest absolute Gasteiger partial charge is 0.136 e. The summed E-state index contributed by atoms with van der Waals surface area (Å²) in [6.45, 7) is 4.44. The van der Waals surface area contributed by atoms with E-state index in [9.17, 15) is 4.79 Å². The van der Waals surface area contributed by atoms with Gasteiger partial charge in [-0.1, -0.05) is 26.3 Å². The molecule has 1 atom stereocenters. The van der Waals surface area contributed by atoms with Crippen molar-refractivity contribution in [2.24, 2.45) is 5.92 Å². The van der Waals surface area contributed by atoms with E-state index < -0.39 is 0 Å². The molecule has 20 heavy (non-hydrogen) atoms. The monoisotopic (exact) mass is 269 g/mol. The number of benzene rings is 1. The summed E-state index contributed by atoms with van der Waals surface area (Å²) in [6, 6.07) is 6.65. The number of hydrogen-bond acceptors (Lipinski definition) is 1. The summed E-state index contributed by atoms with van der Waals surface area (Å²) in [7, 11) is 0. The van der Waals surface area contributed by atoms with Crippen molar-refractivity contribution in [1.29, 1.82) is 0 Å². The van der Waals surface area contributed by atoms with Crippen LogP contribution >= 0.6 is 0 Å². The van der Waals surface area contributed by atoms with Crippen molar-refractivity contribution >= 4 is 16.7 Å². The molecule has 0 bridgehead atoms. The summed E-state index contributed by atoms with van der Waals surface area (Å²) in [6.07, 6.45) is 7.13. The number of nitrogens with one attached hydrogen (secondary N) is 1. The summed E-state index contributed by atoms with van der Waals surface area (Å²) in [5.74, 6) is 1.24. The summed E-state index contributed by atoms with van der Waals surface area (Å²) < 4.78 is 0. The molecule has 2 heteroatoms. The van der Waals surface area contributed by atoms with Gasteiger partial charge in [-0.3, -0.25) is 4.79 Å². The lowest BCUT2D eigenvalue weighted by molar-refractivity contribution is -0.124. The summed E-state index contributed by atoms with van der Waals surface area (Å²) >= 11 is 0. The first kappa shape index (κ1) is 13.4. The molecule has 0 saturated heterocycles. The standard InChI is InChI=1S/C18H23NO/c1-12(2)13-7-8-17-16(10-13)15(11-19-17)9-14-5-3-4-6-18(14)20/h7-8,10-12,14,19H,3-6,9H2,1-2H3. The van der Waals surface area contributed by atoms with E-state index in [4.69, 9.17) is 0 Å². The molecule has 0 aliphatic heterocycles. The second-order valence-corrected chi connectivity index (χ2v) is 6.39. The number of aromatic nitrogens is 1. The highest BCUT2D eigenvalue weighted by Gasteiger charge is 2.23. The maximum atomic E-state index is 12.0.